The van der Waals surface area contributed by atoms with Crippen LogP contribution < -0.4 is 14.2 Å². The first kappa shape index (κ1) is 7.58. The largest absolute Gasteiger partial charge is 0.493 e. The van der Waals surface area contributed by atoms with Crippen molar-refractivity contribution in [2.75, 3.05) is 20.6 Å². The maximum absolute atomic E-state index is 10.5. The van der Waals surface area contributed by atoms with Crippen LogP contribution in [0.2, 0.25) is 0 Å². The molecule has 0 fully saturated rings. The Morgan fingerprint density at radius 3 is 2.76 bits per heavy atom. The monoisotopic (exact) mass is 358 g/mol. The summed E-state index contributed by atoms with van der Waals surface area (Å²) in [4.78, 5) is 0. The molecule has 0 aliphatic rings. The molecule has 1 unspecified atom stereocenters. The molecule has 0 aromatic heterocycles. The van der Waals surface area contributed by atoms with Gasteiger partial charge in [0.05, 0.1) is 31.1 Å². The number of rotatable bonds is 10. The van der Waals surface area contributed by atoms with Crippen LogP contribution in [0.25, 0.3) is 0 Å². The maximum atomic E-state index is 10.5. The van der Waals surface area contributed by atoms with Crippen molar-refractivity contribution in [2.45, 2.75) is 38.6 Å². The number of hydrogen-bond donors (Lipinski definition) is 1. The van der Waals surface area contributed by atoms with Crippen molar-refractivity contribution in [1.29, 1.82) is 0 Å². The van der Waals surface area contributed by atoms with E-state index < -0.39 is 69.3 Å². The quantitative estimate of drug-likeness (QED) is 0.693. The standard InChI is InChI=1S/C21H28O4/c1-16-7-6-10-19(13-16)25-15-18(22)9-5-4-8-17-11-12-20(23-2)21(14-17)24-3/h6-7,10-14,18,22H,4-5,8-9,15H2,1-3H3/i2D3,3D3,4D2,8D2,9D2,15D2. The molecule has 1 N–H and O–H groups in total. The third-order valence-corrected chi connectivity index (χ3v) is 3.06. The van der Waals surface area contributed by atoms with E-state index >= 15 is 0 Å². The van der Waals surface area contributed by atoms with Gasteiger partial charge in [0.25, 0.3) is 0 Å². The average Bonchev–Trinajstić information content (AvgIpc) is 2.71. The molecule has 0 heterocycles. The first-order chi connectivity index (χ1) is 17.4. The van der Waals surface area contributed by atoms with Crippen molar-refractivity contribution < 1.29 is 38.5 Å². The van der Waals surface area contributed by atoms with Crippen LogP contribution in [0.1, 0.15) is 49.5 Å². The molecule has 25 heavy (non-hydrogen) atoms. The Morgan fingerprint density at radius 2 is 1.96 bits per heavy atom. The molecule has 2 aromatic carbocycles. The fourth-order valence-corrected chi connectivity index (χ4v) is 1.89. The van der Waals surface area contributed by atoms with Gasteiger partial charge in [-0.05, 0) is 61.4 Å². The second-order valence-electron chi connectivity index (χ2n) is 4.99. The molecule has 1 atom stereocenters. The molecule has 0 amide bonds. The fourth-order valence-electron chi connectivity index (χ4n) is 1.89. The molecule has 0 bridgehead atoms. The molecular formula is C21H28O4. The van der Waals surface area contributed by atoms with Crippen LogP contribution in [-0.2, 0) is 6.37 Å². The summed E-state index contributed by atoms with van der Waals surface area (Å²) in [5, 5.41) is 10.5. The normalized spacial score (nSPS) is 23.4. The predicted octanol–water partition coefficient (Wildman–Crippen LogP) is 4.16. The summed E-state index contributed by atoms with van der Waals surface area (Å²) in [7, 11) is -6.13. The van der Waals surface area contributed by atoms with Gasteiger partial charge in [-0.2, -0.15) is 0 Å². The Kier molecular flexibility index (Phi) is 3.02. The number of aliphatic hydroxyl groups excluding tert-OH is 1. The van der Waals surface area contributed by atoms with Gasteiger partial charge < -0.3 is 19.3 Å². The lowest BCUT2D eigenvalue weighted by Gasteiger charge is -2.13. The first-order valence-electron chi connectivity index (χ1n) is 14.3. The first-order valence-corrected chi connectivity index (χ1v) is 7.33. The molecule has 0 saturated carbocycles. The third-order valence-electron chi connectivity index (χ3n) is 3.06. The van der Waals surface area contributed by atoms with Crippen molar-refractivity contribution in [1.82, 2.24) is 0 Å². The highest BCUT2D eigenvalue weighted by molar-refractivity contribution is 5.42. The predicted molar refractivity (Wildman–Crippen MR) is 99.8 cm³/mol. The molecule has 4 heteroatoms. The van der Waals surface area contributed by atoms with E-state index in [0.29, 0.717) is 5.56 Å². The van der Waals surface area contributed by atoms with E-state index in [4.69, 9.17) is 33.4 Å². The van der Waals surface area contributed by atoms with E-state index in [0.717, 1.165) is 18.2 Å². The minimum absolute atomic E-state index is 0.0191. The molecular weight excluding hydrogens is 316 g/mol. The zero-order valence-electron chi connectivity index (χ0n) is 27.5. The van der Waals surface area contributed by atoms with E-state index in [2.05, 4.69) is 0 Å². The Bertz CT molecular complexity index is 1140. The molecule has 0 spiro atoms. The summed E-state index contributed by atoms with van der Waals surface area (Å²) in [5.74, 6) is -1.33. The molecule has 2 rings (SSSR count). The Hall–Kier alpha value is -2.20. The van der Waals surface area contributed by atoms with E-state index in [9.17, 15) is 5.11 Å². The zero-order valence-corrected chi connectivity index (χ0v) is 13.5. The van der Waals surface area contributed by atoms with Gasteiger partial charge in [0.15, 0.2) is 11.5 Å². The van der Waals surface area contributed by atoms with E-state index in [1.165, 1.54) is 12.1 Å². The van der Waals surface area contributed by atoms with Crippen LogP contribution in [-0.4, -0.2) is 31.8 Å². The molecule has 136 valence electrons. The van der Waals surface area contributed by atoms with Gasteiger partial charge in [0, 0.05) is 8.22 Å². The molecule has 0 aliphatic carbocycles. The van der Waals surface area contributed by atoms with Crippen LogP contribution in [0.4, 0.5) is 0 Å². The summed E-state index contributed by atoms with van der Waals surface area (Å²) < 4.78 is 124. The van der Waals surface area contributed by atoms with Gasteiger partial charge in [-0.15, -0.1) is 0 Å². The van der Waals surface area contributed by atoms with Crippen LogP contribution >= 0.6 is 0 Å². The lowest BCUT2D eigenvalue weighted by molar-refractivity contribution is 0.0976. The highest BCUT2D eigenvalue weighted by Gasteiger charge is 2.07. The van der Waals surface area contributed by atoms with Crippen molar-refractivity contribution in [3.05, 3.63) is 53.6 Å². The topological polar surface area (TPSA) is 47.9 Å². The van der Waals surface area contributed by atoms with Crippen LogP contribution in [0.15, 0.2) is 42.5 Å². The number of ether oxygens (including phenoxy) is 3. The Balaban J connectivity index is 2.39. The third kappa shape index (κ3) is 6.31. The second kappa shape index (κ2) is 9.94. The zero-order chi connectivity index (χ0) is 30.2. The number of aryl methyl sites for hydroxylation is 2. The Labute approximate surface area is 170 Å². The van der Waals surface area contributed by atoms with Gasteiger partial charge in [-0.3, -0.25) is 0 Å². The van der Waals surface area contributed by atoms with E-state index in [1.54, 1.807) is 19.1 Å². The van der Waals surface area contributed by atoms with Gasteiger partial charge in [-0.1, -0.05) is 24.6 Å². The average molecular weight is 359 g/mol. The minimum atomic E-state index is -3.14. The van der Waals surface area contributed by atoms with E-state index in [-0.39, 0.29) is 5.75 Å². The minimum Gasteiger partial charge on any atom is -0.493 e. The van der Waals surface area contributed by atoms with Crippen molar-refractivity contribution in [3.8, 4) is 17.2 Å². The lowest BCUT2D eigenvalue weighted by Crippen LogP contribution is -2.17. The maximum Gasteiger partial charge on any atom is 0.160 e. The summed E-state index contributed by atoms with van der Waals surface area (Å²) in [6.45, 7) is -1.35. The van der Waals surface area contributed by atoms with Gasteiger partial charge in [-0.25, -0.2) is 0 Å². The fraction of sp³-hybridized carbons (Fsp3) is 0.429. The number of methoxy groups -OCH3 is 2. The molecule has 0 radical (unpaired) electrons. The van der Waals surface area contributed by atoms with Crippen molar-refractivity contribution in [3.63, 3.8) is 0 Å². The highest BCUT2D eigenvalue weighted by Crippen LogP contribution is 2.28. The summed E-state index contributed by atoms with van der Waals surface area (Å²) in [5.41, 5.74) is 0.136. The van der Waals surface area contributed by atoms with Crippen LogP contribution in [0.3, 0.4) is 0 Å². The molecule has 0 saturated heterocycles. The van der Waals surface area contributed by atoms with Gasteiger partial charge in [0.2, 0.25) is 0 Å². The van der Waals surface area contributed by atoms with Crippen molar-refractivity contribution in [2.24, 2.45) is 0 Å². The van der Waals surface area contributed by atoms with Crippen molar-refractivity contribution >= 4 is 0 Å². The second-order valence-corrected chi connectivity index (χ2v) is 4.99. The summed E-state index contributed by atoms with van der Waals surface area (Å²) in [6, 6.07) is 8.57. The van der Waals surface area contributed by atoms with Gasteiger partial charge in [0.1, 0.15) is 12.3 Å². The lowest BCUT2D eigenvalue weighted by atomic mass is 10.0. The SMILES string of the molecule is [2H]C([2H])([2H])Oc1ccc(C([2H])([2H])C([2H])([2H])CC([2H])([2H])C(O)C([2H])([2H])Oc2cccc(C)c2)cc1OC([2H])([2H])[2H]. The molecule has 0 aliphatic heterocycles. The molecule has 4 nitrogen and oxygen atoms in total. The van der Waals surface area contributed by atoms with Gasteiger partial charge >= 0.3 is 0 Å². The Morgan fingerprint density at radius 1 is 1.12 bits per heavy atom. The highest BCUT2D eigenvalue weighted by atomic mass is 16.5. The smallest absolute Gasteiger partial charge is 0.160 e. The van der Waals surface area contributed by atoms with Crippen LogP contribution in [0, 0.1) is 6.92 Å². The summed E-state index contributed by atoms with van der Waals surface area (Å²) in [6.07, 6.45) is -13.2. The number of benzene rings is 2. The van der Waals surface area contributed by atoms with Crippen LogP contribution in [0.5, 0.6) is 17.2 Å². The number of hydrogen-bond acceptors (Lipinski definition) is 4. The molecule has 2 aromatic rings. The number of aliphatic hydroxyl groups is 1. The summed E-state index contributed by atoms with van der Waals surface area (Å²) >= 11 is 0. The van der Waals surface area contributed by atoms with E-state index in [1.807, 2.05) is 0 Å².